The molecule has 0 aliphatic carbocycles. The van der Waals surface area contributed by atoms with Gasteiger partial charge in [0.2, 0.25) is 0 Å². The first-order valence-electron chi connectivity index (χ1n) is 8.89. The largest absolute Gasteiger partial charge is 0.507 e. The summed E-state index contributed by atoms with van der Waals surface area (Å²) in [4.78, 5) is 4.64. The minimum Gasteiger partial charge on any atom is -0.507 e. The van der Waals surface area contributed by atoms with Crippen LogP contribution in [0.25, 0.3) is 0 Å². The Kier molecular flexibility index (Phi) is 5.13. The van der Waals surface area contributed by atoms with Crippen LogP contribution in [0.5, 0.6) is 5.75 Å². The molecule has 0 heterocycles. The monoisotopic (exact) mass is 337 g/mol. The lowest BCUT2D eigenvalue weighted by molar-refractivity contribution is 0.444. The second-order valence-corrected chi connectivity index (χ2v) is 9.01. The lowest BCUT2D eigenvalue weighted by atomic mass is 9.79. The third kappa shape index (κ3) is 4.50. The Labute approximate surface area is 152 Å². The van der Waals surface area contributed by atoms with Gasteiger partial charge in [0.25, 0.3) is 0 Å². The highest BCUT2D eigenvalue weighted by Crippen LogP contribution is 2.37. The van der Waals surface area contributed by atoms with Gasteiger partial charge in [-0.25, -0.2) is 0 Å². The quantitative estimate of drug-likeness (QED) is 0.636. The van der Waals surface area contributed by atoms with Crippen molar-refractivity contribution in [1.82, 2.24) is 0 Å². The van der Waals surface area contributed by atoms with E-state index < -0.39 is 0 Å². The van der Waals surface area contributed by atoms with Gasteiger partial charge in [-0.15, -0.1) is 0 Å². The summed E-state index contributed by atoms with van der Waals surface area (Å²) in [5, 5.41) is 10.8. The van der Waals surface area contributed by atoms with E-state index in [1.165, 1.54) is 11.1 Å². The molecule has 0 unspecified atom stereocenters. The van der Waals surface area contributed by atoms with Crippen LogP contribution in [0.3, 0.4) is 0 Å². The van der Waals surface area contributed by atoms with Crippen molar-refractivity contribution in [2.24, 2.45) is 4.99 Å². The molecule has 1 N–H and O–H groups in total. The van der Waals surface area contributed by atoms with Gasteiger partial charge >= 0.3 is 0 Å². The lowest BCUT2D eigenvalue weighted by Gasteiger charge is -2.27. The first-order chi connectivity index (χ1) is 11.4. The molecule has 0 fully saturated rings. The van der Waals surface area contributed by atoms with Gasteiger partial charge in [-0.1, -0.05) is 65.3 Å². The average Bonchev–Trinajstić information content (AvgIpc) is 2.45. The summed E-state index contributed by atoms with van der Waals surface area (Å²) >= 11 is 0. The van der Waals surface area contributed by atoms with Gasteiger partial charge in [-0.2, -0.15) is 0 Å². The first kappa shape index (κ1) is 19.2. The van der Waals surface area contributed by atoms with Crippen molar-refractivity contribution in [3.8, 4) is 5.75 Å². The van der Waals surface area contributed by atoms with Crippen LogP contribution in [-0.4, -0.2) is 11.3 Å². The third-order valence-corrected chi connectivity index (χ3v) is 4.51. The number of phenolic OH excluding ortho intramolecular Hbond substituents is 1. The fourth-order valence-corrected chi connectivity index (χ4v) is 2.85. The topological polar surface area (TPSA) is 32.6 Å². The number of benzene rings is 2. The molecule has 0 saturated carbocycles. The summed E-state index contributed by atoms with van der Waals surface area (Å²) in [5.74, 6) is 0.328. The molecule has 0 amide bonds. The minimum atomic E-state index is -0.131. The van der Waals surface area contributed by atoms with Crippen LogP contribution in [0.4, 0.5) is 5.69 Å². The number of nitrogens with zero attached hydrogens (tertiary/aromatic N) is 1. The Morgan fingerprint density at radius 1 is 0.880 bits per heavy atom. The van der Waals surface area contributed by atoms with Crippen LogP contribution >= 0.6 is 0 Å². The van der Waals surface area contributed by atoms with Crippen LogP contribution in [0.2, 0.25) is 0 Å². The Balaban J connectivity index is 2.58. The average molecular weight is 338 g/mol. The van der Waals surface area contributed by atoms with E-state index in [9.17, 15) is 5.11 Å². The highest BCUT2D eigenvalue weighted by Gasteiger charge is 2.24. The molecule has 2 aromatic rings. The predicted molar refractivity (Wildman–Crippen MR) is 109 cm³/mol. The zero-order valence-corrected chi connectivity index (χ0v) is 16.9. The summed E-state index contributed by atoms with van der Waals surface area (Å²) in [6.45, 7) is 17.1. The molecule has 2 rings (SSSR count). The molecule has 25 heavy (non-hydrogen) atoms. The van der Waals surface area contributed by atoms with Gasteiger partial charge in [0.1, 0.15) is 5.75 Å². The number of hydrogen-bond acceptors (Lipinski definition) is 2. The molecule has 0 radical (unpaired) electrons. The maximum absolute atomic E-state index is 10.8. The Morgan fingerprint density at radius 2 is 1.52 bits per heavy atom. The lowest BCUT2D eigenvalue weighted by Crippen LogP contribution is -2.17. The molecule has 2 heteroatoms. The smallest absolute Gasteiger partial charge is 0.128 e. The third-order valence-electron chi connectivity index (χ3n) is 4.51. The number of aliphatic imine (C=N–C) groups is 1. The van der Waals surface area contributed by atoms with E-state index in [0.29, 0.717) is 5.75 Å². The summed E-state index contributed by atoms with van der Waals surface area (Å²) in [6.07, 6.45) is 1.79. The standard InChI is InChI=1S/C23H31NO/c1-15-9-10-20(16(2)11-15)24-14-17-12-18(22(3,4)5)13-19(21(17)25)23(6,7)8/h9-14,25H,1-8H3. The second kappa shape index (κ2) is 6.67. The Bertz CT molecular complexity index is 802. The molecule has 0 saturated heterocycles. The molecule has 0 spiro atoms. The molecule has 2 nitrogen and oxygen atoms in total. The van der Waals surface area contributed by atoms with E-state index in [1.54, 1.807) is 6.21 Å². The van der Waals surface area contributed by atoms with E-state index in [4.69, 9.17) is 0 Å². The van der Waals surface area contributed by atoms with E-state index in [2.05, 4.69) is 84.6 Å². The van der Waals surface area contributed by atoms with Gasteiger partial charge in [-0.3, -0.25) is 4.99 Å². The summed E-state index contributed by atoms with van der Waals surface area (Å²) < 4.78 is 0. The molecule has 0 bridgehead atoms. The molecule has 0 aliphatic heterocycles. The normalized spacial score (nSPS) is 12.8. The van der Waals surface area contributed by atoms with Crippen molar-refractivity contribution in [3.05, 3.63) is 58.1 Å². The van der Waals surface area contributed by atoms with Gasteiger partial charge in [0, 0.05) is 17.3 Å². The highest BCUT2D eigenvalue weighted by molar-refractivity contribution is 5.87. The van der Waals surface area contributed by atoms with Crippen molar-refractivity contribution in [2.45, 2.75) is 66.2 Å². The highest BCUT2D eigenvalue weighted by atomic mass is 16.3. The van der Waals surface area contributed by atoms with Crippen LogP contribution < -0.4 is 0 Å². The van der Waals surface area contributed by atoms with Crippen molar-refractivity contribution in [2.75, 3.05) is 0 Å². The second-order valence-electron chi connectivity index (χ2n) is 9.01. The molecule has 0 atom stereocenters. The summed E-state index contributed by atoms with van der Waals surface area (Å²) in [6, 6.07) is 10.4. The number of aromatic hydroxyl groups is 1. The van der Waals surface area contributed by atoms with Gasteiger partial charge in [-0.05, 0) is 47.9 Å². The molecular formula is C23H31NO. The molecular weight excluding hydrogens is 306 g/mol. The zero-order chi connectivity index (χ0) is 19.0. The fraction of sp³-hybridized carbons (Fsp3) is 0.435. The van der Waals surface area contributed by atoms with Gasteiger partial charge in [0.05, 0.1) is 5.69 Å². The maximum atomic E-state index is 10.8. The Morgan fingerprint density at radius 3 is 2.04 bits per heavy atom. The molecule has 0 aliphatic rings. The fourth-order valence-electron chi connectivity index (χ4n) is 2.85. The van der Waals surface area contributed by atoms with Crippen LogP contribution in [0.1, 0.15) is 69.4 Å². The van der Waals surface area contributed by atoms with Crippen LogP contribution in [-0.2, 0) is 10.8 Å². The van der Waals surface area contributed by atoms with Crippen molar-refractivity contribution < 1.29 is 5.11 Å². The van der Waals surface area contributed by atoms with E-state index in [0.717, 1.165) is 22.4 Å². The van der Waals surface area contributed by atoms with Crippen LogP contribution in [0.15, 0.2) is 35.3 Å². The number of hydrogen-bond donors (Lipinski definition) is 1. The van der Waals surface area contributed by atoms with Gasteiger partial charge in [0.15, 0.2) is 0 Å². The first-order valence-corrected chi connectivity index (χ1v) is 8.89. The summed E-state index contributed by atoms with van der Waals surface area (Å²) in [5.41, 5.74) is 6.12. The van der Waals surface area contributed by atoms with Crippen LogP contribution in [0, 0.1) is 13.8 Å². The van der Waals surface area contributed by atoms with E-state index in [1.807, 2.05) is 6.07 Å². The Hall–Kier alpha value is -2.09. The zero-order valence-electron chi connectivity index (χ0n) is 16.9. The maximum Gasteiger partial charge on any atom is 0.128 e. The number of aryl methyl sites for hydroxylation is 2. The number of rotatable bonds is 2. The summed E-state index contributed by atoms with van der Waals surface area (Å²) in [7, 11) is 0. The minimum absolute atomic E-state index is 0.00999. The van der Waals surface area contributed by atoms with E-state index >= 15 is 0 Å². The predicted octanol–water partition coefficient (Wildman–Crippen LogP) is 6.35. The molecule has 2 aromatic carbocycles. The van der Waals surface area contributed by atoms with Crippen molar-refractivity contribution >= 4 is 11.9 Å². The molecule has 0 aromatic heterocycles. The van der Waals surface area contributed by atoms with Crippen molar-refractivity contribution in [1.29, 1.82) is 0 Å². The number of phenols is 1. The van der Waals surface area contributed by atoms with E-state index in [-0.39, 0.29) is 10.8 Å². The van der Waals surface area contributed by atoms with Gasteiger partial charge < -0.3 is 5.11 Å². The van der Waals surface area contributed by atoms with Crippen molar-refractivity contribution in [3.63, 3.8) is 0 Å². The molecule has 134 valence electrons. The SMILES string of the molecule is Cc1ccc(N=Cc2cc(C(C)(C)C)cc(C(C)(C)C)c2O)c(C)c1.